The normalized spacial score (nSPS) is 28.5. The Labute approximate surface area is 204 Å². The minimum Gasteiger partial charge on any atom is -0.380 e. The van der Waals surface area contributed by atoms with E-state index in [0.29, 0.717) is 12.7 Å². The molecule has 33 heavy (non-hydrogen) atoms. The van der Waals surface area contributed by atoms with Crippen LogP contribution >= 0.6 is 0 Å². The number of ether oxygens (including phenoxy) is 5. The first kappa shape index (κ1) is 29.0. The zero-order valence-corrected chi connectivity index (χ0v) is 22.1. The van der Waals surface area contributed by atoms with Gasteiger partial charge in [-0.15, -0.1) is 0 Å². The molecule has 0 amide bonds. The molecular formula is C27H53NO5. The van der Waals surface area contributed by atoms with E-state index in [2.05, 4.69) is 32.6 Å². The third kappa shape index (κ3) is 10.5. The first-order chi connectivity index (χ1) is 16.2. The number of hydrogen-bond acceptors (Lipinski definition) is 6. The fraction of sp³-hybridized carbons (Fsp3) is 1.00. The van der Waals surface area contributed by atoms with E-state index in [1.807, 2.05) is 0 Å². The zero-order valence-electron chi connectivity index (χ0n) is 22.1. The fourth-order valence-corrected chi connectivity index (χ4v) is 4.68. The molecule has 0 bridgehead atoms. The van der Waals surface area contributed by atoms with E-state index in [4.69, 9.17) is 23.7 Å². The molecule has 6 nitrogen and oxygen atoms in total. The average molecular weight is 472 g/mol. The molecule has 1 unspecified atom stereocenters. The van der Waals surface area contributed by atoms with Crippen molar-refractivity contribution in [3.05, 3.63) is 0 Å². The Morgan fingerprint density at radius 3 is 1.97 bits per heavy atom. The Morgan fingerprint density at radius 1 is 0.758 bits per heavy atom. The smallest absolute Gasteiger partial charge is 0.113 e. The molecule has 2 saturated heterocycles. The molecule has 2 aliphatic heterocycles. The zero-order chi connectivity index (χ0) is 23.7. The lowest BCUT2D eigenvalue weighted by molar-refractivity contribution is -0.204. The van der Waals surface area contributed by atoms with Gasteiger partial charge in [-0.3, -0.25) is 4.90 Å². The van der Waals surface area contributed by atoms with Crippen LogP contribution in [-0.4, -0.2) is 88.1 Å². The van der Waals surface area contributed by atoms with E-state index < -0.39 is 0 Å². The molecule has 0 spiro atoms. The summed E-state index contributed by atoms with van der Waals surface area (Å²) in [4.78, 5) is 2.54. The molecule has 0 aliphatic carbocycles. The van der Waals surface area contributed by atoms with Crippen LogP contribution in [0.2, 0.25) is 0 Å². The summed E-state index contributed by atoms with van der Waals surface area (Å²) in [5.41, 5.74) is 0. The summed E-state index contributed by atoms with van der Waals surface area (Å²) >= 11 is 0. The summed E-state index contributed by atoms with van der Waals surface area (Å²) in [5, 5.41) is 0. The van der Waals surface area contributed by atoms with Crippen molar-refractivity contribution in [3.63, 3.8) is 0 Å². The predicted molar refractivity (Wildman–Crippen MR) is 134 cm³/mol. The lowest BCUT2D eigenvalue weighted by atomic mass is 9.92. The highest BCUT2D eigenvalue weighted by molar-refractivity contribution is 4.98. The van der Waals surface area contributed by atoms with Crippen LogP contribution in [0.3, 0.4) is 0 Å². The molecule has 0 aromatic carbocycles. The van der Waals surface area contributed by atoms with Gasteiger partial charge in [0, 0.05) is 46.1 Å². The van der Waals surface area contributed by atoms with Crippen molar-refractivity contribution in [2.45, 2.75) is 122 Å². The van der Waals surface area contributed by atoms with Crippen LogP contribution in [0.4, 0.5) is 0 Å². The number of nitrogens with zero attached hydrogens (tertiary/aromatic N) is 1. The highest BCUT2D eigenvalue weighted by Gasteiger charge is 2.46. The lowest BCUT2D eigenvalue weighted by Crippen LogP contribution is -2.65. The van der Waals surface area contributed by atoms with Crippen LogP contribution in [0.15, 0.2) is 0 Å². The topological polar surface area (TPSA) is 49.4 Å². The van der Waals surface area contributed by atoms with Gasteiger partial charge < -0.3 is 23.7 Å². The van der Waals surface area contributed by atoms with Crippen molar-refractivity contribution in [2.24, 2.45) is 0 Å². The van der Waals surface area contributed by atoms with E-state index in [1.165, 1.54) is 0 Å². The Morgan fingerprint density at radius 2 is 1.36 bits per heavy atom. The SMILES string of the molecule is CCCCOC[C@@H]1[C@@H](OCCCC)[C@H](OCCCC)[C@@H](OCCCC)CN1CC1CCCO1. The first-order valence-electron chi connectivity index (χ1n) is 14.0. The number of hydrogen-bond donors (Lipinski definition) is 0. The summed E-state index contributed by atoms with van der Waals surface area (Å²) in [6.07, 6.45) is 11.4. The molecule has 196 valence electrons. The Hall–Kier alpha value is -0.240. The second kappa shape index (κ2) is 18.1. The van der Waals surface area contributed by atoms with Gasteiger partial charge in [0.25, 0.3) is 0 Å². The fourth-order valence-electron chi connectivity index (χ4n) is 4.68. The minimum atomic E-state index is -0.0502. The van der Waals surface area contributed by atoms with E-state index in [9.17, 15) is 0 Å². The van der Waals surface area contributed by atoms with Gasteiger partial charge in [-0.1, -0.05) is 53.4 Å². The largest absolute Gasteiger partial charge is 0.380 e. The van der Waals surface area contributed by atoms with Gasteiger partial charge >= 0.3 is 0 Å². The van der Waals surface area contributed by atoms with Gasteiger partial charge in [-0.25, -0.2) is 0 Å². The molecule has 2 heterocycles. The molecule has 0 saturated carbocycles. The summed E-state index contributed by atoms with van der Waals surface area (Å²) in [5.74, 6) is 0. The summed E-state index contributed by atoms with van der Waals surface area (Å²) in [6.45, 7) is 15.3. The number of unbranched alkanes of at least 4 members (excludes halogenated alkanes) is 4. The molecule has 0 N–H and O–H groups in total. The van der Waals surface area contributed by atoms with Gasteiger partial charge in [0.2, 0.25) is 0 Å². The van der Waals surface area contributed by atoms with Gasteiger partial charge in [0.15, 0.2) is 0 Å². The van der Waals surface area contributed by atoms with Crippen molar-refractivity contribution < 1.29 is 23.7 Å². The van der Waals surface area contributed by atoms with E-state index in [0.717, 1.165) is 110 Å². The monoisotopic (exact) mass is 471 g/mol. The third-order valence-electron chi connectivity index (χ3n) is 6.79. The van der Waals surface area contributed by atoms with Crippen molar-refractivity contribution in [1.82, 2.24) is 4.90 Å². The van der Waals surface area contributed by atoms with Crippen molar-refractivity contribution >= 4 is 0 Å². The van der Waals surface area contributed by atoms with Crippen LogP contribution in [-0.2, 0) is 23.7 Å². The second-order valence-electron chi connectivity index (χ2n) is 9.73. The van der Waals surface area contributed by atoms with Crippen LogP contribution in [0.25, 0.3) is 0 Å². The molecule has 6 heteroatoms. The maximum atomic E-state index is 6.60. The van der Waals surface area contributed by atoms with Crippen molar-refractivity contribution in [3.8, 4) is 0 Å². The van der Waals surface area contributed by atoms with Gasteiger partial charge in [-0.2, -0.15) is 0 Å². The minimum absolute atomic E-state index is 0.0216. The number of rotatable bonds is 19. The summed E-state index contributed by atoms with van der Waals surface area (Å²) in [6, 6.07) is 0.167. The maximum Gasteiger partial charge on any atom is 0.113 e. The Kier molecular flexibility index (Phi) is 15.9. The number of likely N-dealkylation sites (tertiary alicyclic amines) is 1. The first-order valence-corrected chi connectivity index (χ1v) is 14.0. The molecule has 0 aromatic rings. The molecule has 0 radical (unpaired) electrons. The highest BCUT2D eigenvalue weighted by atomic mass is 16.6. The quantitative estimate of drug-likeness (QED) is 0.241. The van der Waals surface area contributed by atoms with Crippen LogP contribution < -0.4 is 0 Å². The van der Waals surface area contributed by atoms with Gasteiger partial charge in [0.1, 0.15) is 12.2 Å². The Balaban J connectivity index is 2.20. The van der Waals surface area contributed by atoms with E-state index >= 15 is 0 Å². The van der Waals surface area contributed by atoms with Crippen LogP contribution in [0, 0.1) is 0 Å². The lowest BCUT2D eigenvalue weighted by Gasteiger charge is -2.49. The average Bonchev–Trinajstić information content (AvgIpc) is 3.33. The van der Waals surface area contributed by atoms with Crippen LogP contribution in [0.5, 0.6) is 0 Å². The van der Waals surface area contributed by atoms with Crippen molar-refractivity contribution in [1.29, 1.82) is 0 Å². The summed E-state index contributed by atoms with van der Waals surface area (Å²) < 4.78 is 31.8. The molecular weight excluding hydrogens is 418 g/mol. The van der Waals surface area contributed by atoms with Gasteiger partial charge in [0.05, 0.1) is 24.9 Å². The van der Waals surface area contributed by atoms with E-state index in [-0.39, 0.29) is 24.4 Å². The Bertz CT molecular complexity index is 460. The van der Waals surface area contributed by atoms with Crippen LogP contribution in [0.1, 0.15) is 91.9 Å². The number of piperidine rings is 1. The third-order valence-corrected chi connectivity index (χ3v) is 6.79. The predicted octanol–water partition coefficient (Wildman–Crippen LogP) is 5.22. The van der Waals surface area contributed by atoms with Gasteiger partial charge in [-0.05, 0) is 38.5 Å². The standard InChI is InChI=1S/C27H53NO5/c1-5-9-15-29-22-24-26(32-17-11-7-3)27(33-18-12-8-4)25(31-16-10-6-2)21-28(24)20-23-14-13-19-30-23/h23-27H,5-22H2,1-4H3/t23?,24-,25+,26-,27-/m1/s1. The van der Waals surface area contributed by atoms with E-state index in [1.54, 1.807) is 0 Å². The molecule has 2 rings (SSSR count). The van der Waals surface area contributed by atoms with Crippen molar-refractivity contribution in [2.75, 3.05) is 52.7 Å². The second-order valence-corrected chi connectivity index (χ2v) is 9.73. The summed E-state index contributed by atoms with van der Waals surface area (Å²) in [7, 11) is 0. The molecule has 2 fully saturated rings. The molecule has 2 aliphatic rings. The highest BCUT2D eigenvalue weighted by Crippen LogP contribution is 2.29. The molecule has 5 atom stereocenters. The maximum absolute atomic E-state index is 6.60. The molecule has 0 aromatic heterocycles.